The minimum absolute atomic E-state index is 0.429. The predicted molar refractivity (Wildman–Crippen MR) is 29.9 cm³/mol. The maximum Gasteiger partial charge on any atom is 0.0655 e. The van der Waals surface area contributed by atoms with Crippen LogP contribution >= 0.6 is 0 Å². The molecule has 0 aromatic heterocycles. The Balaban J connectivity index is 2.01. The zero-order valence-corrected chi connectivity index (χ0v) is 4.80. The summed E-state index contributed by atoms with van der Waals surface area (Å²) < 4.78 is 0. The number of fused-ring (bicyclic) bond motifs is 1. The fourth-order valence-electron chi connectivity index (χ4n) is 1.82. The van der Waals surface area contributed by atoms with Crippen LogP contribution in [0, 0.1) is 29.1 Å². The minimum Gasteiger partial charge on any atom is -0.198 e. The van der Waals surface area contributed by atoms with E-state index in [2.05, 4.69) is 6.07 Å². The van der Waals surface area contributed by atoms with E-state index in [9.17, 15) is 0 Å². The summed E-state index contributed by atoms with van der Waals surface area (Å²) in [6.07, 6.45) is 3.85. The van der Waals surface area contributed by atoms with E-state index in [0.29, 0.717) is 5.92 Å². The summed E-state index contributed by atoms with van der Waals surface area (Å²) >= 11 is 0. The second-order valence-corrected chi connectivity index (χ2v) is 3.05. The van der Waals surface area contributed by atoms with E-state index in [0.717, 1.165) is 11.8 Å². The van der Waals surface area contributed by atoms with Gasteiger partial charge in [0.25, 0.3) is 0 Å². The molecular weight excluding hydrogens is 98.1 g/mol. The maximum absolute atomic E-state index is 8.45. The van der Waals surface area contributed by atoms with Gasteiger partial charge in [0.2, 0.25) is 0 Å². The van der Waals surface area contributed by atoms with Gasteiger partial charge in [-0.2, -0.15) is 5.26 Å². The van der Waals surface area contributed by atoms with Gasteiger partial charge in [-0.15, -0.1) is 0 Å². The molecule has 42 valence electrons. The zero-order valence-electron chi connectivity index (χ0n) is 4.80. The first kappa shape index (κ1) is 4.38. The number of hydrogen-bond acceptors (Lipinski definition) is 1. The fourth-order valence-corrected chi connectivity index (χ4v) is 1.82. The first-order chi connectivity index (χ1) is 3.90. The third-order valence-corrected chi connectivity index (χ3v) is 2.43. The molecule has 0 radical (unpaired) electrons. The topological polar surface area (TPSA) is 23.8 Å². The Morgan fingerprint density at radius 1 is 1.12 bits per heavy atom. The molecule has 0 spiro atoms. The average Bonchev–Trinajstić information content (AvgIpc) is 2.40. The molecule has 1 nitrogen and oxygen atoms in total. The van der Waals surface area contributed by atoms with Gasteiger partial charge in [-0.25, -0.2) is 0 Å². The number of hydrogen-bond donors (Lipinski definition) is 0. The monoisotopic (exact) mass is 107 g/mol. The van der Waals surface area contributed by atoms with Crippen LogP contribution in [0.4, 0.5) is 0 Å². The summed E-state index contributed by atoms with van der Waals surface area (Å²) in [6.45, 7) is 0. The molecule has 2 unspecified atom stereocenters. The van der Waals surface area contributed by atoms with Crippen LogP contribution in [0.2, 0.25) is 0 Å². The Morgan fingerprint density at radius 3 is 2.12 bits per heavy atom. The molecule has 1 heteroatoms. The number of nitriles is 1. The summed E-state index contributed by atoms with van der Waals surface area (Å²) in [4.78, 5) is 0. The van der Waals surface area contributed by atoms with Gasteiger partial charge in [0.1, 0.15) is 0 Å². The van der Waals surface area contributed by atoms with Crippen LogP contribution in [0.15, 0.2) is 0 Å². The fraction of sp³-hybridized carbons (Fsp3) is 0.857. The lowest BCUT2D eigenvalue weighted by Crippen LogP contribution is -1.90. The van der Waals surface area contributed by atoms with Crippen molar-refractivity contribution in [2.75, 3.05) is 0 Å². The molecule has 2 fully saturated rings. The smallest absolute Gasteiger partial charge is 0.0655 e. The van der Waals surface area contributed by atoms with Crippen LogP contribution in [0.5, 0.6) is 0 Å². The van der Waals surface area contributed by atoms with Crippen molar-refractivity contribution in [2.24, 2.45) is 17.8 Å². The van der Waals surface area contributed by atoms with Gasteiger partial charge in [0, 0.05) is 5.92 Å². The van der Waals surface area contributed by atoms with Crippen molar-refractivity contribution in [1.29, 1.82) is 5.26 Å². The SMILES string of the molecule is N#CC1CC2CC2C1. The molecule has 0 aliphatic heterocycles. The van der Waals surface area contributed by atoms with Gasteiger partial charge >= 0.3 is 0 Å². The summed E-state index contributed by atoms with van der Waals surface area (Å²) in [7, 11) is 0. The Kier molecular flexibility index (Phi) is 0.686. The summed E-state index contributed by atoms with van der Waals surface area (Å²) in [5.74, 6) is 2.37. The van der Waals surface area contributed by atoms with Crippen molar-refractivity contribution < 1.29 is 0 Å². The average molecular weight is 107 g/mol. The summed E-state index contributed by atoms with van der Waals surface area (Å²) in [5, 5.41) is 8.45. The van der Waals surface area contributed by atoms with Crippen molar-refractivity contribution in [3.63, 3.8) is 0 Å². The molecule has 0 amide bonds. The standard InChI is InChI=1S/C7H9N/c8-4-5-1-6-3-7(6)2-5/h5-7H,1-3H2. The quantitative estimate of drug-likeness (QED) is 0.460. The van der Waals surface area contributed by atoms with Crippen molar-refractivity contribution in [1.82, 2.24) is 0 Å². The number of rotatable bonds is 0. The molecule has 2 aliphatic carbocycles. The van der Waals surface area contributed by atoms with Crippen molar-refractivity contribution in [3.05, 3.63) is 0 Å². The molecule has 0 bridgehead atoms. The van der Waals surface area contributed by atoms with Crippen LogP contribution < -0.4 is 0 Å². The van der Waals surface area contributed by atoms with Gasteiger partial charge in [-0.1, -0.05) is 0 Å². The molecule has 2 rings (SSSR count). The molecule has 2 atom stereocenters. The largest absolute Gasteiger partial charge is 0.198 e. The van der Waals surface area contributed by atoms with Crippen LogP contribution in [-0.4, -0.2) is 0 Å². The van der Waals surface area contributed by atoms with Crippen molar-refractivity contribution >= 4 is 0 Å². The predicted octanol–water partition coefficient (Wildman–Crippen LogP) is 1.56. The minimum atomic E-state index is 0.429. The van der Waals surface area contributed by atoms with Gasteiger partial charge in [-0.05, 0) is 31.1 Å². The summed E-state index contributed by atoms with van der Waals surface area (Å²) in [6, 6.07) is 2.32. The van der Waals surface area contributed by atoms with Gasteiger partial charge in [-0.3, -0.25) is 0 Å². The van der Waals surface area contributed by atoms with E-state index < -0.39 is 0 Å². The van der Waals surface area contributed by atoms with E-state index in [-0.39, 0.29) is 0 Å². The molecule has 0 aromatic carbocycles. The van der Waals surface area contributed by atoms with Crippen LogP contribution in [0.3, 0.4) is 0 Å². The number of nitrogens with zero attached hydrogens (tertiary/aromatic N) is 1. The lowest BCUT2D eigenvalue weighted by Gasteiger charge is -1.95. The van der Waals surface area contributed by atoms with Crippen molar-refractivity contribution in [2.45, 2.75) is 19.3 Å². The lowest BCUT2D eigenvalue weighted by atomic mass is 10.1. The van der Waals surface area contributed by atoms with Crippen LogP contribution in [0.1, 0.15) is 19.3 Å². The summed E-state index contributed by atoms with van der Waals surface area (Å²) in [5.41, 5.74) is 0. The first-order valence-electron chi connectivity index (χ1n) is 3.30. The normalized spacial score (nSPS) is 50.1. The third kappa shape index (κ3) is 0.461. The van der Waals surface area contributed by atoms with Gasteiger partial charge in [0.15, 0.2) is 0 Å². The van der Waals surface area contributed by atoms with Crippen LogP contribution in [0.25, 0.3) is 0 Å². The third-order valence-electron chi connectivity index (χ3n) is 2.43. The Labute approximate surface area is 49.3 Å². The van der Waals surface area contributed by atoms with E-state index in [4.69, 9.17) is 5.26 Å². The Bertz CT molecular complexity index is 135. The first-order valence-corrected chi connectivity index (χ1v) is 3.30. The molecule has 0 aromatic rings. The second kappa shape index (κ2) is 1.25. The van der Waals surface area contributed by atoms with Gasteiger partial charge < -0.3 is 0 Å². The maximum atomic E-state index is 8.45. The van der Waals surface area contributed by atoms with E-state index >= 15 is 0 Å². The molecule has 0 heterocycles. The Hall–Kier alpha value is -0.510. The van der Waals surface area contributed by atoms with Gasteiger partial charge in [0.05, 0.1) is 6.07 Å². The highest BCUT2D eigenvalue weighted by molar-refractivity contribution is 5.02. The highest BCUT2D eigenvalue weighted by Crippen LogP contribution is 2.53. The zero-order chi connectivity index (χ0) is 5.56. The molecule has 2 aliphatic rings. The molecule has 0 saturated heterocycles. The molecular formula is C7H9N. The van der Waals surface area contributed by atoms with Crippen molar-refractivity contribution in [3.8, 4) is 6.07 Å². The molecule has 2 saturated carbocycles. The van der Waals surface area contributed by atoms with E-state index in [1.807, 2.05) is 0 Å². The molecule has 8 heavy (non-hydrogen) atoms. The van der Waals surface area contributed by atoms with Crippen LogP contribution in [-0.2, 0) is 0 Å². The molecule has 0 N–H and O–H groups in total. The highest BCUT2D eigenvalue weighted by atomic mass is 14.5. The lowest BCUT2D eigenvalue weighted by molar-refractivity contribution is 0.604. The van der Waals surface area contributed by atoms with E-state index in [1.54, 1.807) is 0 Å². The second-order valence-electron chi connectivity index (χ2n) is 3.05. The van der Waals surface area contributed by atoms with E-state index in [1.165, 1.54) is 19.3 Å². The highest BCUT2D eigenvalue weighted by Gasteiger charge is 2.45. The Morgan fingerprint density at radius 2 is 1.75 bits per heavy atom.